The Morgan fingerprint density at radius 3 is 2.21 bits per heavy atom. The summed E-state index contributed by atoms with van der Waals surface area (Å²) in [6.45, 7) is 7.99. The molecule has 0 aromatic heterocycles. The molecule has 0 spiro atoms. The van der Waals surface area contributed by atoms with Gasteiger partial charge in [0.1, 0.15) is 11.9 Å². The molecule has 2 rings (SSSR count). The summed E-state index contributed by atoms with van der Waals surface area (Å²) in [5, 5.41) is 4.12. The number of likely N-dealkylation sites (tertiary alicyclic amines) is 1. The topological polar surface area (TPSA) is 58.6 Å². The monoisotopic (exact) mass is 370 g/mol. The van der Waals surface area contributed by atoms with Crippen LogP contribution < -0.4 is 10.1 Å². The smallest absolute Gasteiger partial charge is 0.175 e. The number of sulfone groups is 1. The van der Waals surface area contributed by atoms with E-state index in [1.54, 1.807) is 24.3 Å². The number of nitrogens with zero attached hydrogens (tertiary/aromatic N) is 1. The zero-order valence-corrected chi connectivity index (χ0v) is 16.3. The molecule has 1 N–H and O–H groups in total. The van der Waals surface area contributed by atoms with Crippen LogP contribution in [0.15, 0.2) is 29.2 Å². The van der Waals surface area contributed by atoms with Gasteiger partial charge in [-0.2, -0.15) is 0 Å². The lowest BCUT2D eigenvalue weighted by atomic mass is 10.1. The molecule has 0 bridgehead atoms. The highest BCUT2D eigenvalue weighted by atomic mass is 32.2. The third-order valence-electron chi connectivity index (χ3n) is 3.77. The molecule has 0 aliphatic carbocycles. The van der Waals surface area contributed by atoms with Gasteiger partial charge >= 0.3 is 0 Å². The van der Waals surface area contributed by atoms with E-state index in [0.29, 0.717) is 10.6 Å². The van der Waals surface area contributed by atoms with Crippen molar-refractivity contribution in [2.24, 2.45) is 0 Å². The summed E-state index contributed by atoms with van der Waals surface area (Å²) in [7, 11) is -3.17. The number of ether oxygens (including phenoxy) is 1. The fourth-order valence-corrected chi connectivity index (χ4v) is 3.65. The minimum Gasteiger partial charge on any atom is -0.490 e. The number of rotatable bonds is 3. The third kappa shape index (κ3) is 5.63. The SMILES string of the molecule is CC(C)(C)NC(=S)N1CCC(Oc2ccc(S(C)(=O)=O)cc2)CC1. The van der Waals surface area contributed by atoms with Gasteiger partial charge in [-0.05, 0) is 57.3 Å². The van der Waals surface area contributed by atoms with Crippen molar-refractivity contribution in [1.82, 2.24) is 10.2 Å². The Bertz CT molecular complexity index is 671. The Hall–Kier alpha value is -1.34. The first-order chi connectivity index (χ1) is 11.0. The highest BCUT2D eigenvalue weighted by Crippen LogP contribution is 2.21. The minimum absolute atomic E-state index is 0.0359. The van der Waals surface area contributed by atoms with Gasteiger partial charge in [-0.1, -0.05) is 0 Å². The number of nitrogens with one attached hydrogen (secondary N) is 1. The van der Waals surface area contributed by atoms with Gasteiger partial charge in [0.2, 0.25) is 0 Å². The molecule has 24 heavy (non-hydrogen) atoms. The molecule has 7 heteroatoms. The molecule has 1 heterocycles. The van der Waals surface area contributed by atoms with Crippen LogP contribution in [0.1, 0.15) is 33.6 Å². The van der Waals surface area contributed by atoms with Gasteiger partial charge in [-0.25, -0.2) is 8.42 Å². The van der Waals surface area contributed by atoms with Crippen molar-refractivity contribution in [2.45, 2.75) is 50.2 Å². The van der Waals surface area contributed by atoms with E-state index in [-0.39, 0.29) is 11.6 Å². The molecule has 1 saturated heterocycles. The second-order valence-corrected chi connectivity index (χ2v) is 9.63. The van der Waals surface area contributed by atoms with Crippen molar-refractivity contribution in [3.8, 4) is 5.75 Å². The minimum atomic E-state index is -3.17. The molecule has 1 aliphatic heterocycles. The van der Waals surface area contributed by atoms with E-state index in [0.717, 1.165) is 31.0 Å². The van der Waals surface area contributed by atoms with E-state index in [1.807, 2.05) is 0 Å². The van der Waals surface area contributed by atoms with Gasteiger partial charge in [-0.3, -0.25) is 0 Å². The maximum Gasteiger partial charge on any atom is 0.175 e. The maximum atomic E-state index is 11.5. The molecule has 0 saturated carbocycles. The van der Waals surface area contributed by atoms with E-state index in [4.69, 9.17) is 17.0 Å². The third-order valence-corrected chi connectivity index (χ3v) is 5.25. The van der Waals surface area contributed by atoms with Crippen LogP contribution >= 0.6 is 12.2 Å². The lowest BCUT2D eigenvalue weighted by Gasteiger charge is -2.36. The summed E-state index contributed by atoms with van der Waals surface area (Å²) in [4.78, 5) is 2.48. The quantitative estimate of drug-likeness (QED) is 0.826. The number of piperidine rings is 1. The van der Waals surface area contributed by atoms with Gasteiger partial charge in [0.25, 0.3) is 0 Å². The van der Waals surface area contributed by atoms with Gasteiger partial charge in [-0.15, -0.1) is 0 Å². The van der Waals surface area contributed by atoms with Crippen LogP contribution in [0.25, 0.3) is 0 Å². The maximum absolute atomic E-state index is 11.5. The summed E-state index contributed by atoms with van der Waals surface area (Å²) in [5.41, 5.74) is -0.0359. The lowest BCUT2D eigenvalue weighted by molar-refractivity contribution is 0.130. The second kappa shape index (κ2) is 7.27. The number of hydrogen-bond acceptors (Lipinski definition) is 4. The second-order valence-electron chi connectivity index (χ2n) is 7.23. The Morgan fingerprint density at radius 2 is 1.75 bits per heavy atom. The van der Waals surface area contributed by atoms with Crippen LogP contribution in [0.2, 0.25) is 0 Å². The van der Waals surface area contributed by atoms with Gasteiger partial charge in [0, 0.05) is 37.7 Å². The molecule has 0 radical (unpaired) electrons. The molecule has 5 nitrogen and oxygen atoms in total. The standard InChI is InChI=1S/C17H26N2O3S2/c1-17(2,3)18-16(23)19-11-9-14(10-12-19)22-13-5-7-15(8-6-13)24(4,20)21/h5-8,14H,9-12H2,1-4H3,(H,18,23). The zero-order valence-electron chi connectivity index (χ0n) is 14.7. The van der Waals surface area contributed by atoms with Crippen molar-refractivity contribution in [2.75, 3.05) is 19.3 Å². The van der Waals surface area contributed by atoms with Gasteiger partial charge < -0.3 is 15.0 Å². The molecule has 0 unspecified atom stereocenters. The van der Waals surface area contributed by atoms with Gasteiger partial charge in [0.15, 0.2) is 14.9 Å². The predicted octanol–water partition coefficient (Wildman–Crippen LogP) is 2.61. The Balaban J connectivity index is 1.86. The fourth-order valence-electron chi connectivity index (χ4n) is 2.53. The van der Waals surface area contributed by atoms with E-state index >= 15 is 0 Å². The fraction of sp³-hybridized carbons (Fsp3) is 0.588. The molecule has 0 atom stereocenters. The average Bonchev–Trinajstić information content (AvgIpc) is 2.46. The molecular formula is C17H26N2O3S2. The van der Waals surface area contributed by atoms with Crippen LogP contribution in [0, 0.1) is 0 Å². The highest BCUT2D eigenvalue weighted by Gasteiger charge is 2.24. The molecule has 1 aliphatic rings. The number of hydrogen-bond donors (Lipinski definition) is 1. The highest BCUT2D eigenvalue weighted by molar-refractivity contribution is 7.90. The van der Waals surface area contributed by atoms with Crippen LogP contribution in [0.5, 0.6) is 5.75 Å². The van der Waals surface area contributed by atoms with Crippen molar-refractivity contribution in [3.05, 3.63) is 24.3 Å². The molecular weight excluding hydrogens is 344 g/mol. The van der Waals surface area contributed by atoms with Crippen LogP contribution in [-0.2, 0) is 9.84 Å². The van der Waals surface area contributed by atoms with E-state index < -0.39 is 9.84 Å². The van der Waals surface area contributed by atoms with Crippen LogP contribution in [0.3, 0.4) is 0 Å². The summed E-state index contributed by atoms with van der Waals surface area (Å²) < 4.78 is 28.9. The molecule has 134 valence electrons. The Morgan fingerprint density at radius 1 is 1.21 bits per heavy atom. The molecule has 0 amide bonds. The van der Waals surface area contributed by atoms with Crippen molar-refractivity contribution in [3.63, 3.8) is 0 Å². The Kier molecular flexibility index (Phi) is 5.75. The van der Waals surface area contributed by atoms with Crippen LogP contribution in [-0.4, -0.2) is 49.4 Å². The summed E-state index contributed by atoms with van der Waals surface area (Å²) >= 11 is 5.46. The zero-order chi connectivity index (χ0) is 18.0. The van der Waals surface area contributed by atoms with E-state index in [2.05, 4.69) is 31.0 Å². The van der Waals surface area contributed by atoms with E-state index in [1.165, 1.54) is 6.26 Å². The van der Waals surface area contributed by atoms with E-state index in [9.17, 15) is 8.42 Å². The van der Waals surface area contributed by atoms with Crippen molar-refractivity contribution < 1.29 is 13.2 Å². The lowest BCUT2D eigenvalue weighted by Crippen LogP contribution is -2.51. The molecule has 1 fully saturated rings. The predicted molar refractivity (Wildman–Crippen MR) is 100 cm³/mol. The normalized spacial score (nSPS) is 16.8. The first-order valence-electron chi connectivity index (χ1n) is 8.08. The molecule has 1 aromatic carbocycles. The summed E-state index contributed by atoms with van der Waals surface area (Å²) in [5.74, 6) is 0.705. The summed E-state index contributed by atoms with van der Waals surface area (Å²) in [6, 6.07) is 6.60. The molecule has 1 aromatic rings. The Labute approximate surface area is 150 Å². The van der Waals surface area contributed by atoms with Crippen molar-refractivity contribution >= 4 is 27.2 Å². The number of thiocarbonyl (C=S) groups is 1. The average molecular weight is 371 g/mol. The van der Waals surface area contributed by atoms with Crippen LogP contribution in [0.4, 0.5) is 0 Å². The van der Waals surface area contributed by atoms with Gasteiger partial charge in [0.05, 0.1) is 4.90 Å². The number of benzene rings is 1. The van der Waals surface area contributed by atoms with Crippen molar-refractivity contribution in [1.29, 1.82) is 0 Å². The largest absolute Gasteiger partial charge is 0.490 e. The first kappa shape index (κ1) is 19.0. The first-order valence-corrected chi connectivity index (χ1v) is 10.4. The summed E-state index contributed by atoms with van der Waals surface area (Å²) in [6.07, 6.45) is 3.11.